The van der Waals surface area contributed by atoms with E-state index in [4.69, 9.17) is 11.6 Å². The molecule has 2 aromatic rings. The minimum absolute atomic E-state index is 0.0233. The van der Waals surface area contributed by atoms with E-state index in [9.17, 15) is 22.8 Å². The molecule has 0 aliphatic rings. The average Bonchev–Trinajstić information content (AvgIpc) is 2.62. The van der Waals surface area contributed by atoms with Crippen molar-refractivity contribution in [3.63, 3.8) is 0 Å². The summed E-state index contributed by atoms with van der Waals surface area (Å²) in [5.41, 5.74) is -0.653. The number of nitrogens with one attached hydrogen (secondary N) is 2. The lowest BCUT2D eigenvalue weighted by molar-refractivity contribution is -0.137. The zero-order chi connectivity index (χ0) is 20.2. The van der Waals surface area contributed by atoms with Gasteiger partial charge in [-0.15, -0.1) is 0 Å². The number of hydrogen-bond acceptors (Lipinski definition) is 2. The average molecular weight is 399 g/mol. The van der Waals surface area contributed by atoms with Crippen LogP contribution in [0.2, 0.25) is 5.02 Å². The van der Waals surface area contributed by atoms with Crippen LogP contribution in [0.15, 0.2) is 42.5 Å². The first-order valence-corrected chi connectivity index (χ1v) is 8.58. The van der Waals surface area contributed by atoms with Crippen LogP contribution in [0, 0.1) is 0 Å². The number of hydrogen-bond donors (Lipinski definition) is 2. The van der Waals surface area contributed by atoms with Crippen LogP contribution >= 0.6 is 11.6 Å². The maximum atomic E-state index is 12.9. The fourth-order valence-electron chi connectivity index (χ4n) is 2.23. The number of anilines is 1. The lowest BCUT2D eigenvalue weighted by atomic mass is 10.1. The van der Waals surface area contributed by atoms with Crippen molar-refractivity contribution in [3.8, 4) is 0 Å². The van der Waals surface area contributed by atoms with Crippen molar-refractivity contribution >= 4 is 29.1 Å². The van der Waals surface area contributed by atoms with Gasteiger partial charge >= 0.3 is 6.18 Å². The molecule has 2 amide bonds. The third kappa shape index (κ3) is 5.47. The molecular weight excluding hydrogens is 381 g/mol. The molecule has 2 N–H and O–H groups in total. The van der Waals surface area contributed by atoms with Gasteiger partial charge in [0.05, 0.1) is 10.6 Å². The molecule has 1 unspecified atom stereocenters. The standard InChI is InChI=1S/C19H18ClF3N2O2/c1-3-11(2)24-17(26)12-5-4-6-13(9-12)18(27)25-14-7-8-16(20)15(10-14)19(21,22)23/h4-11H,3H2,1-2H3,(H,24,26)(H,25,27). The topological polar surface area (TPSA) is 58.2 Å². The third-order valence-corrected chi connectivity index (χ3v) is 4.24. The summed E-state index contributed by atoms with van der Waals surface area (Å²) in [6.07, 6.45) is -3.88. The Bertz CT molecular complexity index is 853. The van der Waals surface area contributed by atoms with Crippen molar-refractivity contribution in [2.24, 2.45) is 0 Å². The Morgan fingerprint density at radius 1 is 1.07 bits per heavy atom. The molecule has 8 heteroatoms. The van der Waals surface area contributed by atoms with Crippen LogP contribution in [0.4, 0.5) is 18.9 Å². The second-order valence-corrected chi connectivity index (χ2v) is 6.42. The minimum atomic E-state index is -4.63. The van der Waals surface area contributed by atoms with E-state index >= 15 is 0 Å². The number of halogens is 4. The summed E-state index contributed by atoms with van der Waals surface area (Å²) in [7, 11) is 0. The van der Waals surface area contributed by atoms with Crippen molar-refractivity contribution in [3.05, 3.63) is 64.2 Å². The van der Waals surface area contributed by atoms with Gasteiger partial charge in [0.15, 0.2) is 0 Å². The number of benzene rings is 2. The molecule has 0 bridgehead atoms. The van der Waals surface area contributed by atoms with Gasteiger partial charge in [-0.25, -0.2) is 0 Å². The normalized spacial score (nSPS) is 12.4. The fourth-order valence-corrected chi connectivity index (χ4v) is 2.46. The second-order valence-electron chi connectivity index (χ2n) is 6.01. The fraction of sp³-hybridized carbons (Fsp3) is 0.263. The van der Waals surface area contributed by atoms with Crippen LogP contribution in [0.25, 0.3) is 0 Å². The van der Waals surface area contributed by atoms with Gasteiger partial charge in [-0.3, -0.25) is 9.59 Å². The number of carbonyl (C=O) groups excluding carboxylic acids is 2. The molecule has 27 heavy (non-hydrogen) atoms. The first-order valence-electron chi connectivity index (χ1n) is 8.20. The molecule has 0 spiro atoms. The highest BCUT2D eigenvalue weighted by Crippen LogP contribution is 2.36. The Labute approximate surface area is 159 Å². The van der Waals surface area contributed by atoms with Crippen LogP contribution in [0.5, 0.6) is 0 Å². The maximum Gasteiger partial charge on any atom is 0.417 e. The van der Waals surface area contributed by atoms with Gasteiger partial charge in [0.25, 0.3) is 11.8 Å². The summed E-state index contributed by atoms with van der Waals surface area (Å²) >= 11 is 5.57. The van der Waals surface area contributed by atoms with Crippen LogP contribution in [-0.4, -0.2) is 17.9 Å². The smallest absolute Gasteiger partial charge is 0.350 e. The van der Waals surface area contributed by atoms with Gasteiger partial charge in [0.2, 0.25) is 0 Å². The monoisotopic (exact) mass is 398 g/mol. The Morgan fingerprint density at radius 2 is 1.70 bits per heavy atom. The predicted octanol–water partition coefficient (Wildman–Crippen LogP) is 5.14. The van der Waals surface area contributed by atoms with Gasteiger partial charge in [-0.05, 0) is 49.7 Å². The van der Waals surface area contributed by atoms with E-state index in [0.717, 1.165) is 18.6 Å². The zero-order valence-corrected chi connectivity index (χ0v) is 15.4. The summed E-state index contributed by atoms with van der Waals surface area (Å²) in [6, 6.07) is 9.01. The van der Waals surface area contributed by atoms with Gasteiger partial charge in [0, 0.05) is 22.9 Å². The molecule has 0 aliphatic carbocycles. The summed E-state index contributed by atoms with van der Waals surface area (Å²) < 4.78 is 38.8. The van der Waals surface area contributed by atoms with Gasteiger partial charge in [0.1, 0.15) is 0 Å². The molecule has 2 aromatic carbocycles. The molecule has 0 saturated carbocycles. The van der Waals surface area contributed by atoms with Gasteiger partial charge in [-0.2, -0.15) is 13.2 Å². The Balaban J connectivity index is 2.20. The largest absolute Gasteiger partial charge is 0.417 e. The van der Waals surface area contributed by atoms with E-state index in [1.54, 1.807) is 6.07 Å². The number of amides is 2. The van der Waals surface area contributed by atoms with Crippen LogP contribution in [-0.2, 0) is 6.18 Å². The summed E-state index contributed by atoms with van der Waals surface area (Å²) in [4.78, 5) is 24.5. The Kier molecular flexibility index (Phi) is 6.49. The third-order valence-electron chi connectivity index (χ3n) is 3.91. The highest BCUT2D eigenvalue weighted by atomic mass is 35.5. The first-order chi connectivity index (χ1) is 12.6. The molecule has 4 nitrogen and oxygen atoms in total. The van der Waals surface area contributed by atoms with Crippen molar-refractivity contribution in [2.45, 2.75) is 32.5 Å². The van der Waals surface area contributed by atoms with E-state index in [2.05, 4.69) is 10.6 Å². The van der Waals surface area contributed by atoms with Crippen LogP contribution < -0.4 is 10.6 Å². The Morgan fingerprint density at radius 3 is 2.30 bits per heavy atom. The number of carbonyl (C=O) groups is 2. The molecule has 0 aliphatic heterocycles. The van der Waals surface area contributed by atoms with Crippen molar-refractivity contribution in [1.29, 1.82) is 0 Å². The molecule has 0 aromatic heterocycles. The van der Waals surface area contributed by atoms with Crippen LogP contribution in [0.1, 0.15) is 46.5 Å². The van der Waals surface area contributed by atoms with E-state index in [1.807, 2.05) is 13.8 Å². The molecule has 0 heterocycles. The zero-order valence-electron chi connectivity index (χ0n) is 14.7. The van der Waals surface area contributed by atoms with E-state index < -0.39 is 22.7 Å². The van der Waals surface area contributed by atoms with Crippen molar-refractivity contribution in [2.75, 3.05) is 5.32 Å². The molecule has 0 fully saturated rings. The van der Waals surface area contributed by atoms with E-state index in [0.29, 0.717) is 0 Å². The molecule has 144 valence electrons. The quantitative estimate of drug-likeness (QED) is 0.732. The van der Waals surface area contributed by atoms with Crippen LogP contribution in [0.3, 0.4) is 0 Å². The van der Waals surface area contributed by atoms with Gasteiger partial charge in [-0.1, -0.05) is 24.6 Å². The lowest BCUT2D eigenvalue weighted by Crippen LogP contribution is -2.32. The molecule has 1 atom stereocenters. The SMILES string of the molecule is CCC(C)NC(=O)c1cccc(C(=O)Nc2ccc(Cl)c(C(F)(F)F)c2)c1. The number of alkyl halides is 3. The molecule has 2 rings (SSSR count). The van der Waals surface area contributed by atoms with Crippen molar-refractivity contribution < 1.29 is 22.8 Å². The highest BCUT2D eigenvalue weighted by molar-refractivity contribution is 6.31. The molecule has 0 radical (unpaired) electrons. The second kappa shape index (κ2) is 8.43. The first kappa shape index (κ1) is 20.8. The molecule has 0 saturated heterocycles. The maximum absolute atomic E-state index is 12.9. The highest BCUT2D eigenvalue weighted by Gasteiger charge is 2.33. The minimum Gasteiger partial charge on any atom is -0.350 e. The Hall–Kier alpha value is -2.54. The van der Waals surface area contributed by atoms with E-state index in [-0.39, 0.29) is 28.8 Å². The van der Waals surface area contributed by atoms with Gasteiger partial charge < -0.3 is 10.6 Å². The predicted molar refractivity (Wildman–Crippen MR) is 98.1 cm³/mol. The summed E-state index contributed by atoms with van der Waals surface area (Å²) in [6.45, 7) is 3.78. The molecular formula is C19H18ClF3N2O2. The van der Waals surface area contributed by atoms with Crippen molar-refractivity contribution in [1.82, 2.24) is 5.32 Å². The summed E-state index contributed by atoms with van der Waals surface area (Å²) in [5, 5.41) is 4.71. The van der Waals surface area contributed by atoms with E-state index in [1.165, 1.54) is 24.3 Å². The number of rotatable bonds is 5. The lowest BCUT2D eigenvalue weighted by Gasteiger charge is -2.13. The summed E-state index contributed by atoms with van der Waals surface area (Å²) in [5.74, 6) is -0.964.